The molecule has 3 nitrogen and oxygen atoms in total. The van der Waals surface area contributed by atoms with Crippen LogP contribution in [0.5, 0.6) is 5.75 Å². The van der Waals surface area contributed by atoms with Crippen LogP contribution < -0.4 is 4.74 Å². The van der Waals surface area contributed by atoms with Crippen molar-refractivity contribution in [2.75, 3.05) is 7.11 Å². The summed E-state index contributed by atoms with van der Waals surface area (Å²) in [5.41, 5.74) is -0.820. The summed E-state index contributed by atoms with van der Waals surface area (Å²) in [5, 5.41) is 0. The molecule has 0 atom stereocenters. The monoisotopic (exact) mass is 287 g/mol. The number of carbonyl (C=O) groups excluding carboxylic acids is 1. The molecule has 1 aromatic rings. The van der Waals surface area contributed by atoms with Gasteiger partial charge in [0.05, 0.1) is 13.3 Å². The second-order valence-electron chi connectivity index (χ2n) is 3.49. The molecule has 1 rings (SSSR count). The maximum atomic E-state index is 12.3. The highest BCUT2D eigenvalue weighted by atomic mass is 19.4. The van der Waals surface area contributed by atoms with Gasteiger partial charge in [-0.3, -0.25) is 9.78 Å². The third kappa shape index (κ3) is 3.58. The van der Waals surface area contributed by atoms with Gasteiger partial charge >= 0.3 is 12.4 Å². The number of rotatable bonds is 3. The van der Waals surface area contributed by atoms with Crippen molar-refractivity contribution >= 4 is 5.78 Å². The van der Waals surface area contributed by atoms with Crippen molar-refractivity contribution in [3.05, 3.63) is 24.0 Å². The van der Waals surface area contributed by atoms with Crippen molar-refractivity contribution in [2.45, 2.75) is 12.4 Å². The van der Waals surface area contributed by atoms with Crippen LogP contribution in [0.4, 0.5) is 26.3 Å². The van der Waals surface area contributed by atoms with E-state index in [0.717, 1.165) is 19.4 Å². The Morgan fingerprint density at radius 1 is 1.16 bits per heavy atom. The number of pyridine rings is 1. The summed E-state index contributed by atoms with van der Waals surface area (Å²) < 4.78 is 78.6. The van der Waals surface area contributed by atoms with E-state index in [4.69, 9.17) is 0 Å². The number of hydrogen-bond donors (Lipinski definition) is 0. The number of aromatic nitrogens is 1. The fourth-order valence-electron chi connectivity index (χ4n) is 1.31. The molecule has 0 unspecified atom stereocenters. The van der Waals surface area contributed by atoms with Crippen LogP contribution in [0.1, 0.15) is 10.4 Å². The molecule has 0 amide bonds. The van der Waals surface area contributed by atoms with Gasteiger partial charge in [-0.15, -0.1) is 0 Å². The molecule has 0 aromatic carbocycles. The molecule has 0 saturated carbocycles. The number of nitrogens with zero attached hydrogens (tertiary/aromatic N) is 1. The second-order valence-corrected chi connectivity index (χ2v) is 3.49. The first kappa shape index (κ1) is 15.3. The van der Waals surface area contributed by atoms with Gasteiger partial charge in [-0.05, 0) is 6.07 Å². The number of alkyl halides is 6. The Morgan fingerprint density at radius 2 is 1.68 bits per heavy atom. The molecule has 0 fully saturated rings. The number of Topliss-reactive ketones (excluding diaryl/α,β-unsaturated/α-hetero) is 1. The number of ether oxygens (including phenoxy) is 1. The van der Waals surface area contributed by atoms with E-state index >= 15 is 0 Å². The highest BCUT2D eigenvalue weighted by molar-refractivity contribution is 5.98. The van der Waals surface area contributed by atoms with Crippen molar-refractivity contribution in [3.8, 4) is 5.75 Å². The minimum absolute atomic E-state index is 0.117. The lowest BCUT2D eigenvalue weighted by molar-refractivity contribution is -0.264. The Bertz CT molecular complexity index is 454. The lowest BCUT2D eigenvalue weighted by Crippen LogP contribution is -2.42. The Hall–Kier alpha value is -1.80. The molecule has 1 aromatic heterocycles. The molecule has 0 spiro atoms. The molecule has 0 saturated heterocycles. The predicted octanol–water partition coefficient (Wildman–Crippen LogP) is 3.01. The van der Waals surface area contributed by atoms with E-state index < -0.39 is 29.6 Å². The molecule has 0 bridgehead atoms. The lowest BCUT2D eigenvalue weighted by atomic mass is 9.97. The second kappa shape index (κ2) is 5.06. The van der Waals surface area contributed by atoms with Crippen molar-refractivity contribution in [3.63, 3.8) is 0 Å². The summed E-state index contributed by atoms with van der Waals surface area (Å²) >= 11 is 0. The summed E-state index contributed by atoms with van der Waals surface area (Å²) in [7, 11) is 1.14. The van der Waals surface area contributed by atoms with E-state index in [0.29, 0.717) is 6.20 Å². The maximum Gasteiger partial charge on any atom is 0.407 e. The van der Waals surface area contributed by atoms with Crippen molar-refractivity contribution in [2.24, 2.45) is 5.92 Å². The zero-order chi connectivity index (χ0) is 14.8. The third-order valence-electron chi connectivity index (χ3n) is 2.15. The van der Waals surface area contributed by atoms with Gasteiger partial charge in [0.2, 0.25) is 5.92 Å². The highest BCUT2D eigenvalue weighted by Crippen LogP contribution is 2.41. The van der Waals surface area contributed by atoms with Gasteiger partial charge < -0.3 is 4.74 Å². The molecule has 0 aliphatic rings. The fraction of sp³-hybridized carbons (Fsp3) is 0.400. The molecule has 106 valence electrons. The van der Waals surface area contributed by atoms with E-state index in [9.17, 15) is 31.1 Å². The molecule has 0 radical (unpaired) electrons. The first-order chi connectivity index (χ1) is 8.57. The van der Waals surface area contributed by atoms with Crippen molar-refractivity contribution < 1.29 is 35.9 Å². The van der Waals surface area contributed by atoms with Crippen LogP contribution in [-0.2, 0) is 0 Å². The average molecular weight is 287 g/mol. The largest absolute Gasteiger partial charge is 0.495 e. The summed E-state index contributed by atoms with van der Waals surface area (Å²) in [4.78, 5) is 14.7. The van der Waals surface area contributed by atoms with E-state index in [1.807, 2.05) is 0 Å². The molecule has 0 N–H and O–H groups in total. The number of ketones is 1. The molecule has 0 aliphatic heterocycles. The fourth-order valence-corrected chi connectivity index (χ4v) is 1.31. The zero-order valence-electron chi connectivity index (χ0n) is 9.34. The topological polar surface area (TPSA) is 39.2 Å². The molecule has 1 heterocycles. The van der Waals surface area contributed by atoms with Gasteiger partial charge in [0, 0.05) is 11.8 Å². The number of methoxy groups -OCH3 is 1. The van der Waals surface area contributed by atoms with E-state index in [-0.39, 0.29) is 5.75 Å². The Labute approximate surface area is 103 Å². The molecular formula is C10H7F6NO2. The van der Waals surface area contributed by atoms with Crippen LogP contribution >= 0.6 is 0 Å². The number of carbonyl (C=O) groups is 1. The molecule has 9 heteroatoms. The van der Waals surface area contributed by atoms with E-state index in [1.54, 1.807) is 0 Å². The number of hydrogen-bond acceptors (Lipinski definition) is 3. The standard InChI is InChI=1S/C10H7F6NO2/c1-19-6-2-5(3-17-4-6)7(18)8(9(11,12)13)10(14,15)16/h2-4,8H,1H3. The van der Waals surface area contributed by atoms with Crippen LogP contribution in [-0.4, -0.2) is 30.2 Å². The van der Waals surface area contributed by atoms with E-state index in [1.165, 1.54) is 0 Å². The van der Waals surface area contributed by atoms with Crippen LogP contribution in [0.2, 0.25) is 0 Å². The van der Waals surface area contributed by atoms with Gasteiger partial charge in [-0.2, -0.15) is 26.3 Å². The minimum Gasteiger partial charge on any atom is -0.495 e. The maximum absolute atomic E-state index is 12.3. The molecule has 19 heavy (non-hydrogen) atoms. The highest BCUT2D eigenvalue weighted by Gasteiger charge is 2.60. The minimum atomic E-state index is -5.72. The molecular weight excluding hydrogens is 280 g/mol. The SMILES string of the molecule is COc1cncc(C(=O)C(C(F)(F)F)C(F)(F)F)c1. The van der Waals surface area contributed by atoms with Crippen LogP contribution in [0.15, 0.2) is 18.5 Å². The summed E-state index contributed by atoms with van der Waals surface area (Å²) in [6.07, 6.45) is -9.78. The Kier molecular flexibility index (Phi) is 4.06. The smallest absolute Gasteiger partial charge is 0.407 e. The van der Waals surface area contributed by atoms with Crippen LogP contribution in [0.25, 0.3) is 0 Å². The van der Waals surface area contributed by atoms with Crippen molar-refractivity contribution in [1.29, 1.82) is 0 Å². The van der Waals surface area contributed by atoms with Gasteiger partial charge in [0.25, 0.3) is 0 Å². The number of halogens is 6. The Balaban J connectivity index is 3.20. The first-order valence-corrected chi connectivity index (χ1v) is 4.74. The first-order valence-electron chi connectivity index (χ1n) is 4.74. The van der Waals surface area contributed by atoms with Gasteiger partial charge in [-0.25, -0.2) is 0 Å². The van der Waals surface area contributed by atoms with Gasteiger partial charge in [-0.1, -0.05) is 0 Å². The van der Waals surface area contributed by atoms with E-state index in [2.05, 4.69) is 9.72 Å². The van der Waals surface area contributed by atoms with Crippen LogP contribution in [0, 0.1) is 5.92 Å². The summed E-state index contributed by atoms with van der Waals surface area (Å²) in [6, 6.07) is 0.764. The normalized spacial score (nSPS) is 12.6. The van der Waals surface area contributed by atoms with Crippen LogP contribution in [0.3, 0.4) is 0 Å². The average Bonchev–Trinajstić information content (AvgIpc) is 2.25. The third-order valence-corrected chi connectivity index (χ3v) is 2.15. The zero-order valence-corrected chi connectivity index (χ0v) is 9.34. The predicted molar refractivity (Wildman–Crippen MR) is 50.7 cm³/mol. The van der Waals surface area contributed by atoms with Gasteiger partial charge in [0.1, 0.15) is 5.75 Å². The molecule has 0 aliphatic carbocycles. The summed E-state index contributed by atoms with van der Waals surface area (Å²) in [6.45, 7) is 0. The summed E-state index contributed by atoms with van der Waals surface area (Å²) in [5.74, 6) is -6.31. The Morgan fingerprint density at radius 3 is 2.11 bits per heavy atom. The van der Waals surface area contributed by atoms with Gasteiger partial charge in [0.15, 0.2) is 5.78 Å². The quantitative estimate of drug-likeness (QED) is 0.633. The van der Waals surface area contributed by atoms with Crippen molar-refractivity contribution in [1.82, 2.24) is 4.98 Å². The lowest BCUT2D eigenvalue weighted by Gasteiger charge is -2.21.